The second-order valence-electron chi connectivity index (χ2n) is 9.40. The van der Waals surface area contributed by atoms with Crippen LogP contribution in [0.1, 0.15) is 41.6 Å². The standard InChI is InChI=1S/C31H30N2O4/c1-2-26(34)32-18-17-23-22-15-9-10-16-24(22)33-29(23)27(21-13-7-4-8-14-21)28-30(35)25(37-31(28)36)19-20-11-5-3-6-12-20/h3-16,25,27-28,33H,2,17-19H2,1H3,(H,32,34). The predicted molar refractivity (Wildman–Crippen MR) is 142 cm³/mol. The monoisotopic (exact) mass is 494 g/mol. The second kappa shape index (κ2) is 10.8. The lowest BCUT2D eigenvalue weighted by molar-refractivity contribution is -0.144. The molecule has 0 spiro atoms. The molecular formula is C31H30N2O4. The number of ketones is 1. The summed E-state index contributed by atoms with van der Waals surface area (Å²) >= 11 is 0. The van der Waals surface area contributed by atoms with Gasteiger partial charge >= 0.3 is 5.97 Å². The van der Waals surface area contributed by atoms with E-state index in [0.29, 0.717) is 25.8 Å². The van der Waals surface area contributed by atoms with E-state index in [0.717, 1.165) is 33.3 Å². The van der Waals surface area contributed by atoms with E-state index in [9.17, 15) is 14.4 Å². The van der Waals surface area contributed by atoms with Gasteiger partial charge in [-0.05, 0) is 29.2 Å². The van der Waals surface area contributed by atoms with Gasteiger partial charge in [-0.15, -0.1) is 0 Å². The van der Waals surface area contributed by atoms with Crippen molar-refractivity contribution in [1.29, 1.82) is 0 Å². The van der Waals surface area contributed by atoms with Gasteiger partial charge in [0, 0.05) is 41.9 Å². The van der Waals surface area contributed by atoms with E-state index >= 15 is 0 Å². The van der Waals surface area contributed by atoms with Crippen LogP contribution in [0.4, 0.5) is 0 Å². The highest BCUT2D eigenvalue weighted by Gasteiger charge is 2.49. The smallest absolute Gasteiger partial charge is 0.318 e. The first-order valence-electron chi connectivity index (χ1n) is 12.8. The maximum atomic E-state index is 13.8. The van der Waals surface area contributed by atoms with Gasteiger partial charge in [0.15, 0.2) is 11.9 Å². The SMILES string of the molecule is CCC(=O)NCCc1c(C(c2ccccc2)C2C(=O)OC(Cc3ccccc3)C2=O)[nH]c2ccccc12. The molecule has 1 fully saturated rings. The Morgan fingerprint density at radius 1 is 0.946 bits per heavy atom. The molecule has 1 aliphatic rings. The number of rotatable bonds is 9. The van der Waals surface area contributed by atoms with E-state index < -0.39 is 23.9 Å². The van der Waals surface area contributed by atoms with Gasteiger partial charge in [0.05, 0.1) is 0 Å². The molecule has 1 amide bonds. The van der Waals surface area contributed by atoms with Crippen molar-refractivity contribution in [2.75, 3.05) is 6.54 Å². The van der Waals surface area contributed by atoms with Gasteiger partial charge in [-0.3, -0.25) is 14.4 Å². The van der Waals surface area contributed by atoms with Crippen molar-refractivity contribution >= 4 is 28.6 Å². The molecule has 1 saturated heterocycles. The molecule has 2 N–H and O–H groups in total. The molecule has 5 rings (SSSR count). The molecule has 1 aromatic heterocycles. The van der Waals surface area contributed by atoms with Crippen LogP contribution in [0.3, 0.4) is 0 Å². The van der Waals surface area contributed by atoms with Gasteiger partial charge in [-0.2, -0.15) is 0 Å². The highest BCUT2D eigenvalue weighted by atomic mass is 16.6. The van der Waals surface area contributed by atoms with E-state index in [-0.39, 0.29) is 11.7 Å². The van der Waals surface area contributed by atoms with Crippen LogP contribution >= 0.6 is 0 Å². The third-order valence-corrected chi connectivity index (χ3v) is 7.07. The summed E-state index contributed by atoms with van der Waals surface area (Å²) in [5.74, 6) is -2.21. The van der Waals surface area contributed by atoms with Crippen molar-refractivity contribution in [1.82, 2.24) is 10.3 Å². The van der Waals surface area contributed by atoms with Gasteiger partial charge in [0.1, 0.15) is 5.92 Å². The zero-order chi connectivity index (χ0) is 25.8. The number of carbonyl (C=O) groups is 3. The van der Waals surface area contributed by atoms with Crippen molar-refractivity contribution in [2.45, 2.75) is 38.2 Å². The van der Waals surface area contributed by atoms with Crippen LogP contribution in [-0.2, 0) is 32.0 Å². The number of nitrogens with one attached hydrogen (secondary N) is 2. The fourth-order valence-electron chi connectivity index (χ4n) is 5.25. The van der Waals surface area contributed by atoms with E-state index in [2.05, 4.69) is 10.3 Å². The normalized spacial score (nSPS) is 18.1. The number of fused-ring (bicyclic) bond motifs is 1. The van der Waals surface area contributed by atoms with Crippen molar-refractivity contribution < 1.29 is 19.1 Å². The van der Waals surface area contributed by atoms with Gasteiger partial charge in [-0.25, -0.2) is 0 Å². The summed E-state index contributed by atoms with van der Waals surface area (Å²) in [7, 11) is 0. The summed E-state index contributed by atoms with van der Waals surface area (Å²) in [5.41, 5.74) is 4.55. The number of para-hydroxylation sites is 1. The van der Waals surface area contributed by atoms with Crippen LogP contribution in [0.5, 0.6) is 0 Å². The number of hydrogen-bond acceptors (Lipinski definition) is 4. The topological polar surface area (TPSA) is 88.3 Å². The number of aromatic nitrogens is 1. The van der Waals surface area contributed by atoms with E-state index in [1.54, 1.807) is 0 Å². The summed E-state index contributed by atoms with van der Waals surface area (Å²) in [4.78, 5) is 42.5. The Bertz CT molecular complexity index is 1410. The summed E-state index contributed by atoms with van der Waals surface area (Å²) in [6.45, 7) is 2.28. The number of Topliss-reactive ketones (excluding diaryl/α,β-unsaturated/α-hetero) is 1. The van der Waals surface area contributed by atoms with Crippen LogP contribution in [0, 0.1) is 5.92 Å². The molecule has 3 unspecified atom stereocenters. The first-order valence-corrected chi connectivity index (χ1v) is 12.8. The Balaban J connectivity index is 1.56. The number of H-pyrrole nitrogens is 1. The highest BCUT2D eigenvalue weighted by molar-refractivity contribution is 6.08. The maximum absolute atomic E-state index is 13.8. The van der Waals surface area contributed by atoms with E-state index in [1.807, 2.05) is 91.9 Å². The molecule has 6 nitrogen and oxygen atoms in total. The molecule has 0 radical (unpaired) electrons. The number of aromatic amines is 1. The lowest BCUT2D eigenvalue weighted by Gasteiger charge is -2.22. The first kappa shape index (κ1) is 24.5. The van der Waals surface area contributed by atoms with E-state index in [1.165, 1.54) is 0 Å². The number of carbonyl (C=O) groups excluding carboxylic acids is 3. The van der Waals surface area contributed by atoms with Gasteiger partial charge < -0.3 is 15.0 Å². The molecule has 6 heteroatoms. The highest BCUT2D eigenvalue weighted by Crippen LogP contribution is 2.41. The van der Waals surface area contributed by atoms with Gasteiger partial charge in [0.25, 0.3) is 0 Å². The van der Waals surface area contributed by atoms with Gasteiger partial charge in [0.2, 0.25) is 5.91 Å². The Labute approximate surface area is 216 Å². The molecule has 37 heavy (non-hydrogen) atoms. The molecule has 4 aromatic rings. The zero-order valence-electron chi connectivity index (χ0n) is 20.8. The summed E-state index contributed by atoms with van der Waals surface area (Å²) in [6, 6.07) is 27.2. The molecule has 1 aliphatic heterocycles. The van der Waals surface area contributed by atoms with Crippen molar-refractivity contribution in [3.63, 3.8) is 0 Å². The number of hydrogen-bond donors (Lipinski definition) is 2. The van der Waals surface area contributed by atoms with Crippen molar-refractivity contribution in [2.24, 2.45) is 5.92 Å². The molecule has 3 atom stereocenters. The molecule has 3 aromatic carbocycles. The number of benzene rings is 3. The van der Waals surface area contributed by atoms with Gasteiger partial charge in [-0.1, -0.05) is 85.8 Å². The Kier molecular flexibility index (Phi) is 7.17. The fraction of sp³-hybridized carbons (Fsp3) is 0.258. The number of amides is 1. The molecule has 2 heterocycles. The molecule has 0 bridgehead atoms. The number of esters is 1. The Morgan fingerprint density at radius 3 is 2.35 bits per heavy atom. The van der Waals surface area contributed by atoms with Crippen molar-refractivity contribution in [3.8, 4) is 0 Å². The quantitative estimate of drug-likeness (QED) is 0.260. The summed E-state index contributed by atoms with van der Waals surface area (Å²) < 4.78 is 5.70. The average Bonchev–Trinajstić information content (AvgIpc) is 3.42. The third-order valence-electron chi connectivity index (χ3n) is 7.07. The lowest BCUT2D eigenvalue weighted by atomic mass is 9.79. The minimum atomic E-state index is -0.965. The third kappa shape index (κ3) is 5.05. The van der Waals surface area contributed by atoms with Crippen LogP contribution in [0.25, 0.3) is 10.9 Å². The van der Waals surface area contributed by atoms with E-state index in [4.69, 9.17) is 4.74 Å². The Hall–Kier alpha value is -4.19. The van der Waals surface area contributed by atoms with Crippen LogP contribution in [0.2, 0.25) is 0 Å². The summed E-state index contributed by atoms with van der Waals surface area (Å²) in [5, 5.41) is 3.97. The van der Waals surface area contributed by atoms with Crippen LogP contribution in [0.15, 0.2) is 84.9 Å². The number of ether oxygens (including phenoxy) is 1. The predicted octanol–water partition coefficient (Wildman–Crippen LogP) is 4.72. The largest absolute Gasteiger partial charge is 0.453 e. The van der Waals surface area contributed by atoms with Crippen LogP contribution in [-0.4, -0.2) is 35.3 Å². The molecule has 188 valence electrons. The lowest BCUT2D eigenvalue weighted by Crippen LogP contribution is -2.29. The maximum Gasteiger partial charge on any atom is 0.318 e. The van der Waals surface area contributed by atoms with Crippen molar-refractivity contribution in [3.05, 3.63) is 107 Å². The summed E-state index contributed by atoms with van der Waals surface area (Å²) in [6.07, 6.45) is 0.519. The molecule has 0 saturated carbocycles. The first-order chi connectivity index (χ1) is 18.1. The Morgan fingerprint density at radius 2 is 1.62 bits per heavy atom. The number of cyclic esters (lactones) is 1. The average molecular weight is 495 g/mol. The van der Waals surface area contributed by atoms with Crippen LogP contribution < -0.4 is 5.32 Å². The molecular weight excluding hydrogens is 464 g/mol. The zero-order valence-corrected chi connectivity index (χ0v) is 20.8. The minimum Gasteiger partial charge on any atom is -0.453 e. The molecule has 0 aliphatic carbocycles. The minimum absolute atomic E-state index is 0.0145. The fourth-order valence-corrected chi connectivity index (χ4v) is 5.25. The second-order valence-corrected chi connectivity index (χ2v) is 9.40.